The van der Waals surface area contributed by atoms with Gasteiger partial charge in [-0.25, -0.2) is 28.7 Å². The molecule has 2 amide bonds. The van der Waals surface area contributed by atoms with Gasteiger partial charge in [-0.05, 0) is 53.4 Å². The fourth-order valence-electron chi connectivity index (χ4n) is 5.66. The molecule has 1 saturated heterocycles. The van der Waals surface area contributed by atoms with Crippen LogP contribution in [0, 0.1) is 5.92 Å². The van der Waals surface area contributed by atoms with E-state index in [4.69, 9.17) is 32.5 Å². The van der Waals surface area contributed by atoms with E-state index in [1.165, 1.54) is 0 Å². The number of carboxylic acid groups (broad SMARTS) is 1. The molecule has 0 atom stereocenters. The molecule has 0 saturated carbocycles. The SMILES string of the molecule is CCn1c(CNC(=O)c2nc(Cl)c(N)nc2N)[n+](CC)c2cc(OCC(=O)O)c(C(=O)CC3CCN(C(=O)OC(C)(C)C)CC3)cc21. The number of aliphatic carboxylic acids is 1. The predicted octanol–water partition coefficient (Wildman–Crippen LogP) is 3.19. The van der Waals surface area contributed by atoms with Gasteiger partial charge in [0.2, 0.25) is 0 Å². The fraction of sp³-hybridized carbons (Fsp3) is 0.516. The number of ether oxygens (including phenoxy) is 2. The minimum Gasteiger partial charge on any atom is -0.481 e. The van der Waals surface area contributed by atoms with E-state index >= 15 is 0 Å². The van der Waals surface area contributed by atoms with E-state index in [-0.39, 0.29) is 64.6 Å². The maximum absolute atomic E-state index is 13.8. The molecule has 254 valence electrons. The van der Waals surface area contributed by atoms with E-state index in [9.17, 15) is 24.3 Å². The van der Waals surface area contributed by atoms with Gasteiger partial charge in [0, 0.05) is 31.6 Å². The predicted molar refractivity (Wildman–Crippen MR) is 173 cm³/mol. The Labute approximate surface area is 277 Å². The van der Waals surface area contributed by atoms with Crippen LogP contribution in [0.5, 0.6) is 5.75 Å². The lowest BCUT2D eigenvalue weighted by molar-refractivity contribution is -0.676. The molecular weight excluding hydrogens is 632 g/mol. The monoisotopic (exact) mass is 673 g/mol. The highest BCUT2D eigenvalue weighted by Gasteiger charge is 2.31. The van der Waals surface area contributed by atoms with Crippen molar-refractivity contribution in [1.29, 1.82) is 0 Å². The van der Waals surface area contributed by atoms with Gasteiger partial charge in [0.25, 0.3) is 11.7 Å². The van der Waals surface area contributed by atoms with Crippen LogP contribution >= 0.6 is 11.6 Å². The number of carbonyl (C=O) groups is 4. The van der Waals surface area contributed by atoms with Gasteiger partial charge >= 0.3 is 12.1 Å². The van der Waals surface area contributed by atoms with Crippen molar-refractivity contribution in [2.45, 2.75) is 79.1 Å². The molecule has 47 heavy (non-hydrogen) atoms. The van der Waals surface area contributed by atoms with Crippen molar-refractivity contribution < 1.29 is 38.3 Å². The van der Waals surface area contributed by atoms with Gasteiger partial charge in [0.15, 0.2) is 45.9 Å². The average molecular weight is 674 g/mol. The Morgan fingerprint density at radius 3 is 2.38 bits per heavy atom. The van der Waals surface area contributed by atoms with E-state index in [1.54, 1.807) is 17.0 Å². The number of hydrogen-bond donors (Lipinski definition) is 4. The number of anilines is 2. The van der Waals surface area contributed by atoms with Crippen LogP contribution < -0.4 is 26.1 Å². The number of ketones is 1. The molecule has 0 bridgehead atoms. The largest absolute Gasteiger partial charge is 0.481 e. The molecule has 0 spiro atoms. The number of benzene rings is 1. The molecule has 1 aliphatic rings. The second-order valence-electron chi connectivity index (χ2n) is 12.3. The fourth-order valence-corrected chi connectivity index (χ4v) is 5.78. The van der Waals surface area contributed by atoms with Gasteiger partial charge in [-0.3, -0.25) is 9.59 Å². The van der Waals surface area contributed by atoms with Crippen molar-refractivity contribution in [3.8, 4) is 5.75 Å². The maximum Gasteiger partial charge on any atom is 0.410 e. The van der Waals surface area contributed by atoms with Gasteiger partial charge < -0.3 is 36.3 Å². The first-order valence-electron chi connectivity index (χ1n) is 15.4. The zero-order valence-corrected chi connectivity index (χ0v) is 28.0. The molecule has 3 heterocycles. The number of Topliss-reactive ketones (excluding diaryl/α,β-unsaturated/α-hetero) is 1. The van der Waals surface area contributed by atoms with Gasteiger partial charge in [-0.15, -0.1) is 0 Å². The third kappa shape index (κ3) is 8.20. The summed E-state index contributed by atoms with van der Waals surface area (Å²) in [5, 5.41) is 12.0. The number of imidazole rings is 1. The Kier molecular flexibility index (Phi) is 10.8. The van der Waals surface area contributed by atoms with E-state index in [0.29, 0.717) is 55.9 Å². The molecule has 0 unspecified atom stereocenters. The van der Waals surface area contributed by atoms with Crippen LogP contribution in [0.4, 0.5) is 16.4 Å². The van der Waals surface area contributed by atoms with Gasteiger partial charge in [-0.1, -0.05) is 11.6 Å². The van der Waals surface area contributed by atoms with Crippen molar-refractivity contribution in [3.05, 3.63) is 34.4 Å². The van der Waals surface area contributed by atoms with Crippen LogP contribution in [-0.2, 0) is 29.2 Å². The van der Waals surface area contributed by atoms with Crippen LogP contribution in [-0.4, -0.2) is 73.6 Å². The summed E-state index contributed by atoms with van der Waals surface area (Å²) in [6.45, 7) is 10.7. The Bertz CT molecular complexity index is 1690. The first-order valence-corrected chi connectivity index (χ1v) is 15.8. The highest BCUT2D eigenvalue weighted by molar-refractivity contribution is 6.31. The van der Waals surface area contributed by atoms with Gasteiger partial charge in [0.05, 0.1) is 18.7 Å². The number of nitrogen functional groups attached to an aromatic ring is 2. The lowest BCUT2D eigenvalue weighted by atomic mass is 9.89. The second kappa shape index (κ2) is 14.4. The van der Waals surface area contributed by atoms with Crippen LogP contribution in [0.15, 0.2) is 12.1 Å². The van der Waals surface area contributed by atoms with E-state index < -0.39 is 24.1 Å². The molecule has 4 rings (SSSR count). The van der Waals surface area contributed by atoms with Crippen molar-refractivity contribution in [3.63, 3.8) is 0 Å². The van der Waals surface area contributed by atoms with Crippen molar-refractivity contribution in [1.82, 2.24) is 24.8 Å². The van der Waals surface area contributed by atoms with Crippen molar-refractivity contribution >= 4 is 58.0 Å². The first kappa shape index (κ1) is 35.2. The summed E-state index contributed by atoms with van der Waals surface area (Å²) in [7, 11) is 0. The number of halogens is 1. The molecular formula is C31H42ClN8O7+. The second-order valence-corrected chi connectivity index (χ2v) is 12.6. The minimum atomic E-state index is -1.18. The number of carboxylic acids is 1. The molecule has 1 aromatic carbocycles. The van der Waals surface area contributed by atoms with E-state index in [1.807, 2.05) is 43.8 Å². The number of aryl methyl sites for hydroxylation is 2. The molecule has 6 N–H and O–H groups in total. The Morgan fingerprint density at radius 1 is 1.11 bits per heavy atom. The zero-order chi connectivity index (χ0) is 34.6. The number of aromatic nitrogens is 4. The molecule has 16 heteroatoms. The Morgan fingerprint density at radius 2 is 1.79 bits per heavy atom. The Balaban J connectivity index is 1.62. The zero-order valence-electron chi connectivity index (χ0n) is 27.3. The molecule has 2 aromatic heterocycles. The van der Waals surface area contributed by atoms with Crippen LogP contribution in [0.1, 0.15) is 80.6 Å². The molecule has 0 radical (unpaired) electrons. The number of nitrogens with two attached hydrogens (primary N) is 2. The summed E-state index contributed by atoms with van der Waals surface area (Å²) < 4.78 is 15.0. The highest BCUT2D eigenvalue weighted by Crippen LogP contribution is 2.31. The summed E-state index contributed by atoms with van der Waals surface area (Å²) in [6, 6.07) is 3.38. The third-order valence-electron chi connectivity index (χ3n) is 7.83. The van der Waals surface area contributed by atoms with E-state index in [2.05, 4.69) is 15.3 Å². The van der Waals surface area contributed by atoms with Crippen LogP contribution in [0.2, 0.25) is 5.15 Å². The third-order valence-corrected chi connectivity index (χ3v) is 8.11. The normalized spacial score (nSPS) is 13.9. The average Bonchev–Trinajstić information content (AvgIpc) is 3.30. The standard InChI is InChI=1S/C31H41ClN8O7/c1-6-39-19-13-18(21(41)12-17-8-10-38(11-9-17)30(45)47-31(3,4)5)22(46-16-24(42)43)14-20(19)40(7-2)23(39)15-35-29(44)25-27(33)37-28(34)26(32)36-25/h13-14,17H,6-12,15-16H2,1-5H3,(H5-,33,34,35,37,42,43,44)/p+1. The number of carbonyl (C=O) groups excluding carboxylic acids is 3. The number of hydrogen-bond acceptors (Lipinski definition) is 10. The number of likely N-dealkylation sites (tertiary alicyclic amines) is 1. The number of amides is 2. The molecule has 0 aliphatic carbocycles. The molecule has 1 fully saturated rings. The number of rotatable bonds is 11. The van der Waals surface area contributed by atoms with E-state index in [0.717, 1.165) is 0 Å². The highest BCUT2D eigenvalue weighted by atomic mass is 35.5. The topological polar surface area (TPSA) is 209 Å². The summed E-state index contributed by atoms with van der Waals surface area (Å²) in [4.78, 5) is 60.2. The van der Waals surface area contributed by atoms with Crippen LogP contribution in [0.3, 0.4) is 0 Å². The van der Waals surface area contributed by atoms with Crippen molar-refractivity contribution in [2.75, 3.05) is 31.2 Å². The number of piperidine rings is 1. The number of nitrogens with one attached hydrogen (secondary N) is 1. The lowest BCUT2D eigenvalue weighted by Gasteiger charge is -2.33. The molecule has 15 nitrogen and oxygen atoms in total. The van der Waals surface area contributed by atoms with Crippen LogP contribution in [0.25, 0.3) is 11.0 Å². The minimum absolute atomic E-state index is 0.0193. The first-order chi connectivity index (χ1) is 22.1. The maximum atomic E-state index is 13.8. The summed E-state index contributed by atoms with van der Waals surface area (Å²) in [5.41, 5.74) is 12.4. The number of fused-ring (bicyclic) bond motifs is 1. The summed E-state index contributed by atoms with van der Waals surface area (Å²) in [6.07, 6.45) is 1.07. The summed E-state index contributed by atoms with van der Waals surface area (Å²) in [5.74, 6) is -1.36. The van der Waals surface area contributed by atoms with Crippen molar-refractivity contribution in [2.24, 2.45) is 5.92 Å². The lowest BCUT2D eigenvalue weighted by Crippen LogP contribution is -2.42. The number of nitrogens with zero attached hydrogens (tertiary/aromatic N) is 5. The summed E-state index contributed by atoms with van der Waals surface area (Å²) >= 11 is 5.96. The smallest absolute Gasteiger partial charge is 0.410 e. The molecule has 1 aliphatic heterocycles. The molecule has 3 aromatic rings. The quantitative estimate of drug-likeness (QED) is 0.172. The van der Waals surface area contributed by atoms with Gasteiger partial charge in [-0.2, -0.15) is 0 Å². The van der Waals surface area contributed by atoms with Gasteiger partial charge in [0.1, 0.15) is 17.9 Å². The Hall–Kier alpha value is -4.66.